The van der Waals surface area contributed by atoms with Gasteiger partial charge in [0.1, 0.15) is 6.29 Å². The third kappa shape index (κ3) is 4.26. The fraction of sp³-hybridized carbons (Fsp3) is 0.750. The Morgan fingerprint density at radius 3 is 1.94 bits per heavy atom. The van der Waals surface area contributed by atoms with Gasteiger partial charge in [-0.25, -0.2) is 0 Å². The largest absolute Gasteiger partial charge is 0.303 e. The molecule has 0 aromatic carbocycles. The summed E-state index contributed by atoms with van der Waals surface area (Å²) < 4.78 is 0. The molecule has 2 amide bonds. The van der Waals surface area contributed by atoms with Gasteiger partial charge in [0.15, 0.2) is 0 Å². The molecule has 0 bridgehead atoms. The summed E-state index contributed by atoms with van der Waals surface area (Å²) in [5.74, 6) is -0.0891. The molecule has 2 fully saturated rings. The lowest BCUT2D eigenvalue weighted by atomic mass is 9.91. The van der Waals surface area contributed by atoms with Crippen LogP contribution in [0.2, 0.25) is 0 Å². The standard InChI is InChI=1S/C7H12O.C5H7NO3/c8-6-7-4-2-1-3-5-7;1-9-6-4(7)2-3-5(6)8/h6-7H,1-5H2;2-3H2,1H3. The van der Waals surface area contributed by atoms with E-state index in [9.17, 15) is 14.4 Å². The molecule has 1 aliphatic heterocycles. The second-order valence-corrected chi connectivity index (χ2v) is 4.30. The highest BCUT2D eigenvalue weighted by Crippen LogP contribution is 2.21. The van der Waals surface area contributed by atoms with Crippen molar-refractivity contribution in [3.63, 3.8) is 0 Å². The number of amides is 2. The zero-order valence-corrected chi connectivity index (χ0v) is 10.2. The number of carbonyl (C=O) groups excluding carboxylic acids is 3. The van der Waals surface area contributed by atoms with Crippen molar-refractivity contribution >= 4 is 18.1 Å². The molecule has 0 aromatic rings. The molecule has 1 saturated heterocycles. The summed E-state index contributed by atoms with van der Waals surface area (Å²) in [5.41, 5.74) is 0. The van der Waals surface area contributed by atoms with Crippen LogP contribution in [0.15, 0.2) is 0 Å². The van der Waals surface area contributed by atoms with E-state index >= 15 is 0 Å². The Balaban J connectivity index is 0.000000171. The van der Waals surface area contributed by atoms with E-state index in [-0.39, 0.29) is 24.7 Å². The number of carbonyl (C=O) groups is 3. The second kappa shape index (κ2) is 7.17. The van der Waals surface area contributed by atoms with Crippen LogP contribution in [0.3, 0.4) is 0 Å². The molecule has 0 unspecified atom stereocenters. The van der Waals surface area contributed by atoms with Gasteiger partial charge >= 0.3 is 0 Å². The molecule has 0 radical (unpaired) electrons. The van der Waals surface area contributed by atoms with Crippen LogP contribution in [-0.2, 0) is 19.2 Å². The molecule has 2 aliphatic rings. The van der Waals surface area contributed by atoms with Crippen LogP contribution < -0.4 is 0 Å². The smallest absolute Gasteiger partial charge is 0.253 e. The molecule has 1 heterocycles. The maximum Gasteiger partial charge on any atom is 0.253 e. The van der Waals surface area contributed by atoms with E-state index in [2.05, 4.69) is 4.84 Å². The Kier molecular flexibility index (Phi) is 5.83. The van der Waals surface area contributed by atoms with E-state index in [0.717, 1.165) is 24.2 Å². The highest BCUT2D eigenvalue weighted by molar-refractivity contribution is 6.00. The summed E-state index contributed by atoms with van der Waals surface area (Å²) in [4.78, 5) is 35.8. The number of hydrogen-bond donors (Lipinski definition) is 0. The third-order valence-electron chi connectivity index (χ3n) is 3.03. The van der Waals surface area contributed by atoms with Gasteiger partial charge in [-0.15, -0.1) is 0 Å². The first-order valence-electron chi connectivity index (χ1n) is 6.04. The first-order valence-corrected chi connectivity index (χ1v) is 6.04. The zero-order chi connectivity index (χ0) is 12.7. The Labute approximate surface area is 101 Å². The fourth-order valence-corrected chi connectivity index (χ4v) is 2.03. The summed E-state index contributed by atoms with van der Waals surface area (Å²) in [6.07, 6.45) is 7.84. The summed E-state index contributed by atoms with van der Waals surface area (Å²) in [5, 5.41) is 0.792. The summed E-state index contributed by atoms with van der Waals surface area (Å²) >= 11 is 0. The first-order chi connectivity index (χ1) is 8.19. The predicted octanol–water partition coefficient (Wildman–Crippen LogP) is 1.46. The SMILES string of the molecule is CON1C(=O)CCC1=O.O=CC1CCCCC1. The molecular formula is C12H19NO4. The van der Waals surface area contributed by atoms with Crippen LogP contribution in [0, 0.1) is 5.92 Å². The van der Waals surface area contributed by atoms with Crippen molar-refractivity contribution in [2.24, 2.45) is 5.92 Å². The summed E-state index contributed by atoms with van der Waals surface area (Å²) in [7, 11) is 1.31. The highest BCUT2D eigenvalue weighted by atomic mass is 16.7. The van der Waals surface area contributed by atoms with Gasteiger partial charge < -0.3 is 4.79 Å². The summed E-state index contributed by atoms with van der Waals surface area (Å²) in [6.45, 7) is 0. The fourth-order valence-electron chi connectivity index (χ4n) is 2.03. The molecule has 0 aromatic heterocycles. The topological polar surface area (TPSA) is 63.7 Å². The maximum absolute atomic E-state index is 10.6. The minimum absolute atomic E-state index is 0.248. The average molecular weight is 241 g/mol. The van der Waals surface area contributed by atoms with Crippen LogP contribution >= 0.6 is 0 Å². The highest BCUT2D eigenvalue weighted by Gasteiger charge is 2.28. The summed E-state index contributed by atoms with van der Waals surface area (Å²) in [6, 6.07) is 0. The predicted molar refractivity (Wildman–Crippen MR) is 60.7 cm³/mol. The van der Waals surface area contributed by atoms with Crippen molar-refractivity contribution in [1.82, 2.24) is 5.06 Å². The Morgan fingerprint density at radius 1 is 1.12 bits per heavy atom. The van der Waals surface area contributed by atoms with Crippen LogP contribution in [0.25, 0.3) is 0 Å². The lowest BCUT2D eigenvalue weighted by Crippen LogP contribution is -2.27. The number of hydrogen-bond acceptors (Lipinski definition) is 4. The molecule has 17 heavy (non-hydrogen) atoms. The van der Waals surface area contributed by atoms with Gasteiger partial charge in [0.05, 0.1) is 7.11 Å². The van der Waals surface area contributed by atoms with Crippen molar-refractivity contribution in [3.8, 4) is 0 Å². The van der Waals surface area contributed by atoms with Crippen LogP contribution in [0.4, 0.5) is 0 Å². The molecule has 1 saturated carbocycles. The first kappa shape index (κ1) is 13.8. The Bertz CT molecular complexity index is 268. The molecule has 5 nitrogen and oxygen atoms in total. The average Bonchev–Trinajstić information content (AvgIpc) is 2.70. The monoisotopic (exact) mass is 241 g/mol. The molecule has 0 spiro atoms. The lowest BCUT2D eigenvalue weighted by Gasteiger charge is -2.14. The molecule has 0 atom stereocenters. The molecular weight excluding hydrogens is 222 g/mol. The van der Waals surface area contributed by atoms with E-state index in [4.69, 9.17) is 0 Å². The third-order valence-corrected chi connectivity index (χ3v) is 3.03. The van der Waals surface area contributed by atoms with Crippen molar-refractivity contribution in [2.45, 2.75) is 44.9 Å². The Morgan fingerprint density at radius 2 is 1.65 bits per heavy atom. The van der Waals surface area contributed by atoms with Crippen molar-refractivity contribution in [3.05, 3.63) is 0 Å². The van der Waals surface area contributed by atoms with E-state index in [0.29, 0.717) is 5.92 Å². The number of imide groups is 1. The van der Waals surface area contributed by atoms with Crippen molar-refractivity contribution in [2.75, 3.05) is 7.11 Å². The molecule has 5 heteroatoms. The maximum atomic E-state index is 10.6. The molecule has 2 rings (SSSR count). The van der Waals surface area contributed by atoms with E-state index < -0.39 is 0 Å². The second-order valence-electron chi connectivity index (χ2n) is 4.30. The van der Waals surface area contributed by atoms with Crippen LogP contribution in [0.1, 0.15) is 44.9 Å². The quantitative estimate of drug-likeness (QED) is 0.542. The zero-order valence-electron chi connectivity index (χ0n) is 10.2. The lowest BCUT2D eigenvalue weighted by molar-refractivity contribution is -0.179. The minimum Gasteiger partial charge on any atom is -0.303 e. The number of nitrogens with zero attached hydrogens (tertiary/aromatic N) is 1. The number of hydroxylamine groups is 2. The normalized spacial score (nSPS) is 21.1. The number of rotatable bonds is 2. The van der Waals surface area contributed by atoms with Gasteiger partial charge in [-0.05, 0) is 12.8 Å². The van der Waals surface area contributed by atoms with Crippen molar-refractivity contribution in [1.29, 1.82) is 0 Å². The van der Waals surface area contributed by atoms with E-state index in [1.165, 1.54) is 26.4 Å². The van der Waals surface area contributed by atoms with Gasteiger partial charge in [-0.3, -0.25) is 14.4 Å². The van der Waals surface area contributed by atoms with Gasteiger partial charge in [0.25, 0.3) is 11.8 Å². The molecule has 0 N–H and O–H groups in total. The van der Waals surface area contributed by atoms with Gasteiger partial charge in [-0.1, -0.05) is 19.3 Å². The van der Waals surface area contributed by atoms with Crippen LogP contribution in [0.5, 0.6) is 0 Å². The molecule has 1 aliphatic carbocycles. The van der Waals surface area contributed by atoms with E-state index in [1.54, 1.807) is 0 Å². The van der Waals surface area contributed by atoms with Gasteiger partial charge in [0.2, 0.25) is 0 Å². The van der Waals surface area contributed by atoms with Crippen LogP contribution in [-0.4, -0.2) is 30.3 Å². The van der Waals surface area contributed by atoms with Crippen molar-refractivity contribution < 1.29 is 19.2 Å². The number of aldehydes is 1. The Hall–Kier alpha value is -1.23. The van der Waals surface area contributed by atoms with Gasteiger partial charge in [0, 0.05) is 18.8 Å². The molecule has 96 valence electrons. The minimum atomic E-state index is -0.248. The van der Waals surface area contributed by atoms with Gasteiger partial charge in [-0.2, -0.15) is 5.06 Å². The van der Waals surface area contributed by atoms with E-state index in [1.807, 2.05) is 0 Å².